The van der Waals surface area contributed by atoms with E-state index in [2.05, 4.69) is 19.1 Å². The molecule has 1 aliphatic rings. The highest BCUT2D eigenvalue weighted by Crippen LogP contribution is 2.22. The van der Waals surface area contributed by atoms with Crippen molar-refractivity contribution in [2.45, 2.75) is 123 Å². The first-order valence-corrected chi connectivity index (χ1v) is 11.7. The predicted molar refractivity (Wildman–Crippen MR) is 115 cm³/mol. The molecule has 3 heteroatoms. The van der Waals surface area contributed by atoms with Crippen molar-refractivity contribution in [3.8, 4) is 0 Å². The van der Waals surface area contributed by atoms with Crippen molar-refractivity contribution in [1.29, 1.82) is 0 Å². The van der Waals surface area contributed by atoms with Crippen LogP contribution in [0.15, 0.2) is 12.2 Å². The molecule has 1 aliphatic heterocycles. The number of hydrogen-bond donors (Lipinski definition) is 0. The van der Waals surface area contributed by atoms with Crippen LogP contribution in [0, 0.1) is 0 Å². The molecule has 160 valence electrons. The van der Waals surface area contributed by atoms with E-state index in [4.69, 9.17) is 14.2 Å². The number of allylic oxidation sites excluding steroid dienone is 2. The van der Waals surface area contributed by atoms with E-state index in [0.717, 1.165) is 13.0 Å². The lowest BCUT2D eigenvalue weighted by Crippen LogP contribution is -2.24. The van der Waals surface area contributed by atoms with Crippen molar-refractivity contribution in [3.05, 3.63) is 12.2 Å². The molecular weight excluding hydrogens is 336 g/mol. The second kappa shape index (κ2) is 16.6. The van der Waals surface area contributed by atoms with Crippen LogP contribution >= 0.6 is 0 Å². The summed E-state index contributed by atoms with van der Waals surface area (Å²) in [7, 11) is 0. The lowest BCUT2D eigenvalue weighted by atomic mass is 10.1. The third-order valence-electron chi connectivity index (χ3n) is 5.17. The summed E-state index contributed by atoms with van der Waals surface area (Å²) in [6.45, 7) is 8.36. The molecule has 1 heterocycles. The molecule has 1 unspecified atom stereocenters. The molecule has 0 bridgehead atoms. The molecule has 1 saturated heterocycles. The topological polar surface area (TPSA) is 27.7 Å². The van der Waals surface area contributed by atoms with Gasteiger partial charge in [0.1, 0.15) is 6.10 Å². The molecule has 1 fully saturated rings. The van der Waals surface area contributed by atoms with Crippen LogP contribution in [0.5, 0.6) is 0 Å². The Balaban J connectivity index is 1.72. The minimum absolute atomic E-state index is 0.106. The van der Waals surface area contributed by atoms with Crippen molar-refractivity contribution < 1.29 is 14.2 Å². The summed E-state index contributed by atoms with van der Waals surface area (Å²) in [4.78, 5) is 0. The monoisotopic (exact) mass is 382 g/mol. The lowest BCUT2D eigenvalue weighted by molar-refractivity contribution is -0.145. The largest absolute Gasteiger partial charge is 0.379 e. The summed E-state index contributed by atoms with van der Waals surface area (Å²) < 4.78 is 17.0. The first kappa shape index (κ1) is 24.7. The maximum absolute atomic E-state index is 5.73. The predicted octanol–water partition coefficient (Wildman–Crippen LogP) is 7.19. The Hall–Kier alpha value is -0.380. The van der Waals surface area contributed by atoms with E-state index in [9.17, 15) is 0 Å². The Labute approximate surface area is 169 Å². The summed E-state index contributed by atoms with van der Waals surface area (Å²) in [5.41, 5.74) is 0. The number of rotatable bonds is 18. The van der Waals surface area contributed by atoms with Gasteiger partial charge in [0, 0.05) is 6.61 Å². The van der Waals surface area contributed by atoms with Crippen LogP contribution in [0.3, 0.4) is 0 Å². The molecule has 1 atom stereocenters. The van der Waals surface area contributed by atoms with Crippen LogP contribution in [0.2, 0.25) is 0 Å². The van der Waals surface area contributed by atoms with Gasteiger partial charge in [-0.15, -0.1) is 0 Å². The summed E-state index contributed by atoms with van der Waals surface area (Å²) in [6, 6.07) is 0. The second-order valence-corrected chi connectivity index (χ2v) is 8.46. The summed E-state index contributed by atoms with van der Waals surface area (Å²) in [5, 5.41) is 0. The van der Waals surface area contributed by atoms with Gasteiger partial charge in [0.15, 0.2) is 5.79 Å². The number of hydrogen-bond acceptors (Lipinski definition) is 3. The maximum atomic E-state index is 5.73. The van der Waals surface area contributed by atoms with Crippen LogP contribution < -0.4 is 0 Å². The third-order valence-corrected chi connectivity index (χ3v) is 5.17. The zero-order valence-electron chi connectivity index (χ0n) is 18.5. The van der Waals surface area contributed by atoms with Crippen LogP contribution in [-0.4, -0.2) is 31.7 Å². The summed E-state index contributed by atoms with van der Waals surface area (Å²) in [6.07, 6.45) is 23.7. The molecule has 0 aromatic carbocycles. The highest BCUT2D eigenvalue weighted by atomic mass is 16.7. The van der Waals surface area contributed by atoms with E-state index in [0.29, 0.717) is 13.2 Å². The van der Waals surface area contributed by atoms with Gasteiger partial charge in [0.05, 0.1) is 13.2 Å². The van der Waals surface area contributed by atoms with Gasteiger partial charge in [-0.3, -0.25) is 0 Å². The average Bonchev–Trinajstić information content (AvgIpc) is 2.99. The fourth-order valence-corrected chi connectivity index (χ4v) is 3.51. The van der Waals surface area contributed by atoms with Crippen molar-refractivity contribution >= 4 is 0 Å². The molecule has 1 rings (SSSR count). The van der Waals surface area contributed by atoms with Crippen molar-refractivity contribution in [3.63, 3.8) is 0 Å². The molecule has 0 radical (unpaired) electrons. The van der Waals surface area contributed by atoms with Gasteiger partial charge >= 0.3 is 0 Å². The standard InChI is InChI=1S/C24H46O3/c1-4-5-6-7-8-9-10-11-12-13-14-15-16-17-18-19-20-25-21-23-22-26-24(2,3)27-23/h11-12,23H,4-10,13-22H2,1-3H3. The van der Waals surface area contributed by atoms with E-state index in [1.807, 2.05) is 13.8 Å². The summed E-state index contributed by atoms with van der Waals surface area (Å²) >= 11 is 0. The molecule has 27 heavy (non-hydrogen) atoms. The van der Waals surface area contributed by atoms with E-state index in [-0.39, 0.29) is 6.10 Å². The first-order chi connectivity index (χ1) is 13.1. The Morgan fingerprint density at radius 3 is 1.93 bits per heavy atom. The smallest absolute Gasteiger partial charge is 0.163 e. The highest BCUT2D eigenvalue weighted by Gasteiger charge is 2.32. The van der Waals surface area contributed by atoms with Crippen molar-refractivity contribution in [2.75, 3.05) is 19.8 Å². The normalized spacial score (nSPS) is 19.3. The van der Waals surface area contributed by atoms with E-state index >= 15 is 0 Å². The fraction of sp³-hybridized carbons (Fsp3) is 0.917. The fourth-order valence-electron chi connectivity index (χ4n) is 3.51. The number of unbranched alkanes of at least 4 members (excludes halogenated alkanes) is 12. The molecule has 3 nitrogen and oxygen atoms in total. The Morgan fingerprint density at radius 2 is 1.37 bits per heavy atom. The van der Waals surface area contributed by atoms with Gasteiger partial charge in [-0.1, -0.05) is 76.9 Å². The van der Waals surface area contributed by atoms with E-state index in [1.54, 1.807) is 0 Å². The Bertz CT molecular complexity index is 352. The van der Waals surface area contributed by atoms with Gasteiger partial charge in [0.2, 0.25) is 0 Å². The molecule has 0 N–H and O–H groups in total. The molecule has 0 spiro atoms. The maximum Gasteiger partial charge on any atom is 0.163 e. The Kier molecular flexibility index (Phi) is 15.1. The van der Waals surface area contributed by atoms with Crippen LogP contribution in [-0.2, 0) is 14.2 Å². The quantitative estimate of drug-likeness (QED) is 0.185. The van der Waals surface area contributed by atoms with Gasteiger partial charge < -0.3 is 14.2 Å². The molecule has 0 amide bonds. The molecule has 0 aromatic rings. The minimum atomic E-state index is -0.433. The Morgan fingerprint density at radius 1 is 0.815 bits per heavy atom. The zero-order chi connectivity index (χ0) is 19.6. The van der Waals surface area contributed by atoms with Gasteiger partial charge in [-0.05, 0) is 46.0 Å². The van der Waals surface area contributed by atoms with E-state index in [1.165, 1.54) is 83.5 Å². The molecule has 0 saturated carbocycles. The van der Waals surface area contributed by atoms with Crippen molar-refractivity contribution in [2.24, 2.45) is 0 Å². The molecule has 0 aromatic heterocycles. The third kappa shape index (κ3) is 15.2. The SMILES string of the molecule is CCCCCCCCC=CCCCCCCCCOCC1COC(C)(C)O1. The van der Waals surface area contributed by atoms with Crippen LogP contribution in [0.25, 0.3) is 0 Å². The van der Waals surface area contributed by atoms with Crippen LogP contribution in [0.1, 0.15) is 111 Å². The van der Waals surface area contributed by atoms with E-state index < -0.39 is 5.79 Å². The second-order valence-electron chi connectivity index (χ2n) is 8.46. The molecule has 0 aliphatic carbocycles. The summed E-state index contributed by atoms with van der Waals surface area (Å²) in [5.74, 6) is -0.433. The molecular formula is C24H46O3. The minimum Gasteiger partial charge on any atom is -0.379 e. The van der Waals surface area contributed by atoms with Gasteiger partial charge in [-0.25, -0.2) is 0 Å². The zero-order valence-corrected chi connectivity index (χ0v) is 18.5. The number of ether oxygens (including phenoxy) is 3. The van der Waals surface area contributed by atoms with Crippen LogP contribution in [0.4, 0.5) is 0 Å². The first-order valence-electron chi connectivity index (χ1n) is 11.7. The average molecular weight is 383 g/mol. The van der Waals surface area contributed by atoms with Gasteiger partial charge in [-0.2, -0.15) is 0 Å². The van der Waals surface area contributed by atoms with Gasteiger partial charge in [0.25, 0.3) is 0 Å². The van der Waals surface area contributed by atoms with Crippen molar-refractivity contribution in [1.82, 2.24) is 0 Å². The lowest BCUT2D eigenvalue weighted by Gasteiger charge is -2.17. The highest BCUT2D eigenvalue weighted by molar-refractivity contribution is 4.81.